The average molecular weight is 540 g/mol. The first kappa shape index (κ1) is 26.2. The van der Waals surface area contributed by atoms with Gasteiger partial charge in [0.15, 0.2) is 0 Å². The van der Waals surface area contributed by atoms with Crippen LogP contribution < -0.4 is 15.4 Å². The van der Waals surface area contributed by atoms with Crippen LogP contribution in [0.3, 0.4) is 0 Å². The molecular formula is C31H33N5O4. The van der Waals surface area contributed by atoms with Crippen LogP contribution >= 0.6 is 0 Å². The van der Waals surface area contributed by atoms with E-state index in [2.05, 4.69) is 44.8 Å². The summed E-state index contributed by atoms with van der Waals surface area (Å²) in [5, 5.41) is 6.02. The highest BCUT2D eigenvalue weighted by atomic mass is 16.5. The SMILES string of the molecule is O=C1CCC(N2Cc3cc(O[C@@H]4CN(Cc5ccccc5)CC[C@H]4NCc4ccccn4)ccc3C2=O)C(=O)N1. The Morgan fingerprint density at radius 3 is 2.65 bits per heavy atom. The molecule has 206 valence electrons. The molecule has 0 saturated carbocycles. The van der Waals surface area contributed by atoms with Crippen LogP contribution in [0, 0.1) is 0 Å². The van der Waals surface area contributed by atoms with E-state index in [0.717, 1.165) is 37.3 Å². The number of amides is 3. The Hall–Kier alpha value is -4.08. The molecule has 2 saturated heterocycles. The van der Waals surface area contributed by atoms with E-state index in [1.165, 1.54) is 5.56 Å². The maximum absolute atomic E-state index is 13.1. The van der Waals surface area contributed by atoms with Crippen molar-refractivity contribution in [2.24, 2.45) is 0 Å². The number of ether oxygens (including phenoxy) is 1. The van der Waals surface area contributed by atoms with Gasteiger partial charge in [0.1, 0.15) is 17.9 Å². The maximum atomic E-state index is 13.1. The molecule has 0 radical (unpaired) electrons. The molecule has 4 heterocycles. The summed E-state index contributed by atoms with van der Waals surface area (Å²) in [5.41, 5.74) is 3.67. The molecule has 3 aliphatic rings. The summed E-state index contributed by atoms with van der Waals surface area (Å²) in [6.45, 7) is 3.54. The largest absolute Gasteiger partial charge is 0.487 e. The molecule has 3 amide bonds. The van der Waals surface area contributed by atoms with E-state index < -0.39 is 11.9 Å². The summed E-state index contributed by atoms with van der Waals surface area (Å²) in [6, 6.07) is 21.4. The Balaban J connectivity index is 1.17. The number of fused-ring (bicyclic) bond motifs is 1. The molecule has 3 atom stereocenters. The topological polar surface area (TPSA) is 104 Å². The normalized spacial score (nSPS) is 23.1. The van der Waals surface area contributed by atoms with Gasteiger partial charge in [0.25, 0.3) is 5.91 Å². The first-order chi connectivity index (χ1) is 19.5. The lowest BCUT2D eigenvalue weighted by atomic mass is 10.00. The van der Waals surface area contributed by atoms with Crippen molar-refractivity contribution in [2.45, 2.75) is 57.1 Å². The van der Waals surface area contributed by atoms with Gasteiger partial charge in [0, 0.05) is 56.9 Å². The Morgan fingerprint density at radius 2 is 1.85 bits per heavy atom. The first-order valence-corrected chi connectivity index (χ1v) is 13.9. The first-order valence-electron chi connectivity index (χ1n) is 13.9. The highest BCUT2D eigenvalue weighted by molar-refractivity contribution is 6.05. The van der Waals surface area contributed by atoms with Crippen LogP contribution in [-0.2, 0) is 29.2 Å². The van der Waals surface area contributed by atoms with Gasteiger partial charge >= 0.3 is 0 Å². The van der Waals surface area contributed by atoms with Gasteiger partial charge in [-0.1, -0.05) is 36.4 Å². The molecule has 3 aromatic rings. The number of piperidine rings is 2. The second-order valence-corrected chi connectivity index (χ2v) is 10.7. The fourth-order valence-corrected chi connectivity index (χ4v) is 5.86. The molecule has 6 rings (SSSR count). The molecule has 3 aliphatic heterocycles. The van der Waals surface area contributed by atoms with Crippen LogP contribution in [-0.4, -0.2) is 63.8 Å². The van der Waals surface area contributed by atoms with Crippen molar-refractivity contribution >= 4 is 17.7 Å². The number of benzene rings is 2. The summed E-state index contributed by atoms with van der Waals surface area (Å²) < 4.78 is 6.62. The molecule has 0 spiro atoms. The third-order valence-corrected chi connectivity index (χ3v) is 7.95. The molecule has 2 aromatic carbocycles. The molecule has 9 nitrogen and oxygen atoms in total. The molecule has 1 unspecified atom stereocenters. The van der Waals surface area contributed by atoms with Crippen molar-refractivity contribution < 1.29 is 19.1 Å². The van der Waals surface area contributed by atoms with E-state index in [1.54, 1.807) is 17.2 Å². The average Bonchev–Trinajstić information content (AvgIpc) is 3.29. The highest BCUT2D eigenvalue weighted by Gasteiger charge is 2.39. The summed E-state index contributed by atoms with van der Waals surface area (Å²) in [4.78, 5) is 45.5. The second kappa shape index (κ2) is 11.6. The van der Waals surface area contributed by atoms with Gasteiger partial charge in [0.05, 0.1) is 5.69 Å². The number of carbonyl (C=O) groups is 3. The minimum Gasteiger partial charge on any atom is -0.487 e. The smallest absolute Gasteiger partial charge is 0.255 e. The molecule has 0 aliphatic carbocycles. The van der Waals surface area contributed by atoms with Crippen LogP contribution in [0.25, 0.3) is 0 Å². The van der Waals surface area contributed by atoms with Crippen LogP contribution in [0.1, 0.15) is 46.4 Å². The fraction of sp³-hybridized carbons (Fsp3) is 0.355. The lowest BCUT2D eigenvalue weighted by molar-refractivity contribution is -0.136. The van der Waals surface area contributed by atoms with Crippen LogP contribution in [0.15, 0.2) is 72.9 Å². The maximum Gasteiger partial charge on any atom is 0.255 e. The summed E-state index contributed by atoms with van der Waals surface area (Å²) in [6.07, 6.45) is 3.20. The van der Waals surface area contributed by atoms with E-state index in [1.807, 2.05) is 36.4 Å². The minimum atomic E-state index is -0.632. The van der Waals surface area contributed by atoms with E-state index in [9.17, 15) is 14.4 Å². The summed E-state index contributed by atoms with van der Waals surface area (Å²) in [5.74, 6) is -0.178. The number of nitrogens with one attached hydrogen (secondary N) is 2. The lowest BCUT2D eigenvalue weighted by Crippen LogP contribution is -2.54. The minimum absolute atomic E-state index is 0.109. The van der Waals surface area contributed by atoms with Gasteiger partial charge in [-0.05, 0) is 54.3 Å². The Morgan fingerprint density at radius 1 is 1.00 bits per heavy atom. The van der Waals surface area contributed by atoms with Crippen molar-refractivity contribution in [3.63, 3.8) is 0 Å². The Bertz CT molecular complexity index is 1380. The third-order valence-electron chi connectivity index (χ3n) is 7.95. The van der Waals surface area contributed by atoms with Crippen LogP contribution in [0.4, 0.5) is 0 Å². The fourth-order valence-electron chi connectivity index (χ4n) is 5.86. The molecule has 2 N–H and O–H groups in total. The van der Waals surface area contributed by atoms with E-state index in [0.29, 0.717) is 30.8 Å². The molecule has 0 bridgehead atoms. The van der Waals surface area contributed by atoms with Gasteiger partial charge in [-0.15, -0.1) is 0 Å². The number of carbonyl (C=O) groups excluding carboxylic acids is 3. The number of aromatic nitrogens is 1. The standard InChI is InChI=1S/C31H33N5O4/c37-29-12-11-27(30(38)34-29)36-19-22-16-24(9-10-25(22)31(36)39)40-28-20-35(18-21-6-2-1-3-7-21)15-13-26(28)33-17-23-8-4-5-14-32-23/h1-10,14,16,26-28,33H,11-13,15,17-20H2,(H,34,37,38)/t26-,27?,28-/m1/s1. The summed E-state index contributed by atoms with van der Waals surface area (Å²) >= 11 is 0. The van der Waals surface area contributed by atoms with Crippen molar-refractivity contribution in [3.8, 4) is 5.75 Å². The van der Waals surface area contributed by atoms with E-state index in [4.69, 9.17) is 4.74 Å². The van der Waals surface area contributed by atoms with Crippen molar-refractivity contribution in [1.29, 1.82) is 0 Å². The van der Waals surface area contributed by atoms with E-state index in [-0.39, 0.29) is 30.4 Å². The Labute approximate surface area is 233 Å². The van der Waals surface area contributed by atoms with E-state index >= 15 is 0 Å². The molecule has 40 heavy (non-hydrogen) atoms. The van der Waals surface area contributed by atoms with Crippen LogP contribution in [0.2, 0.25) is 0 Å². The Kier molecular flexibility index (Phi) is 7.57. The molecule has 1 aromatic heterocycles. The second-order valence-electron chi connectivity index (χ2n) is 10.7. The number of hydrogen-bond donors (Lipinski definition) is 2. The zero-order valence-corrected chi connectivity index (χ0v) is 22.3. The number of nitrogens with zero attached hydrogens (tertiary/aromatic N) is 3. The number of hydrogen-bond acceptors (Lipinski definition) is 7. The predicted octanol–water partition coefficient (Wildman–Crippen LogP) is 2.65. The molecule has 9 heteroatoms. The predicted molar refractivity (Wildman–Crippen MR) is 148 cm³/mol. The lowest BCUT2D eigenvalue weighted by Gasteiger charge is -2.39. The van der Waals surface area contributed by atoms with Gasteiger partial charge in [-0.25, -0.2) is 0 Å². The quantitative estimate of drug-likeness (QED) is 0.424. The van der Waals surface area contributed by atoms with Gasteiger partial charge in [-0.3, -0.25) is 29.6 Å². The van der Waals surface area contributed by atoms with Gasteiger partial charge < -0.3 is 15.0 Å². The third kappa shape index (κ3) is 5.76. The summed E-state index contributed by atoms with van der Waals surface area (Å²) in [7, 11) is 0. The number of pyridine rings is 1. The zero-order valence-electron chi connectivity index (χ0n) is 22.3. The number of rotatable bonds is 8. The monoisotopic (exact) mass is 539 g/mol. The zero-order chi connectivity index (χ0) is 27.5. The molecular weight excluding hydrogens is 506 g/mol. The van der Waals surface area contributed by atoms with Crippen molar-refractivity contribution in [3.05, 3.63) is 95.3 Å². The number of imide groups is 1. The van der Waals surface area contributed by atoms with Gasteiger partial charge in [-0.2, -0.15) is 0 Å². The molecule has 2 fully saturated rings. The van der Waals surface area contributed by atoms with Crippen molar-refractivity contribution in [1.82, 2.24) is 25.4 Å². The number of likely N-dealkylation sites (tertiary alicyclic amines) is 1. The van der Waals surface area contributed by atoms with Gasteiger partial charge in [0.2, 0.25) is 11.8 Å². The van der Waals surface area contributed by atoms with Crippen molar-refractivity contribution in [2.75, 3.05) is 13.1 Å². The highest BCUT2D eigenvalue weighted by Crippen LogP contribution is 2.31. The van der Waals surface area contributed by atoms with Crippen LogP contribution in [0.5, 0.6) is 5.75 Å².